The number of benzene rings is 2. The first-order chi connectivity index (χ1) is 12.0. The molecule has 1 saturated heterocycles. The Labute approximate surface area is 156 Å². The Hall–Kier alpha value is -2.04. The van der Waals surface area contributed by atoms with E-state index in [0.29, 0.717) is 47.2 Å². The maximum atomic E-state index is 12.4. The van der Waals surface area contributed by atoms with Crippen molar-refractivity contribution in [1.82, 2.24) is 4.90 Å². The van der Waals surface area contributed by atoms with Crippen LogP contribution in [0.4, 0.5) is 5.69 Å². The lowest BCUT2D eigenvalue weighted by Gasteiger charge is -2.31. The van der Waals surface area contributed by atoms with Crippen LogP contribution in [-0.2, 0) is 4.79 Å². The van der Waals surface area contributed by atoms with Gasteiger partial charge in [0.05, 0.1) is 0 Å². The second-order valence-corrected chi connectivity index (χ2v) is 6.95. The number of likely N-dealkylation sites (tertiary alicyclic amines) is 1. The molecule has 2 amide bonds. The van der Waals surface area contributed by atoms with Gasteiger partial charge >= 0.3 is 0 Å². The minimum absolute atomic E-state index is 0.0149. The van der Waals surface area contributed by atoms with Gasteiger partial charge in [0.1, 0.15) is 0 Å². The smallest absolute Gasteiger partial charge is 0.253 e. The maximum absolute atomic E-state index is 12.4. The molecule has 0 unspecified atom stereocenters. The lowest BCUT2D eigenvalue weighted by Crippen LogP contribution is -2.41. The molecule has 6 heteroatoms. The van der Waals surface area contributed by atoms with Crippen LogP contribution in [0.5, 0.6) is 0 Å². The van der Waals surface area contributed by atoms with Crippen LogP contribution in [0.1, 0.15) is 23.2 Å². The molecule has 1 aliphatic heterocycles. The van der Waals surface area contributed by atoms with Gasteiger partial charge in [-0.05, 0) is 43.2 Å². The Morgan fingerprint density at radius 1 is 0.960 bits per heavy atom. The summed E-state index contributed by atoms with van der Waals surface area (Å²) in [4.78, 5) is 26.7. The van der Waals surface area contributed by atoms with Gasteiger partial charge in [-0.1, -0.05) is 41.4 Å². The molecule has 0 atom stereocenters. The molecule has 2 aromatic carbocycles. The van der Waals surface area contributed by atoms with E-state index in [0.717, 1.165) is 0 Å². The van der Waals surface area contributed by atoms with E-state index in [1.807, 2.05) is 30.3 Å². The molecule has 0 radical (unpaired) electrons. The molecule has 130 valence electrons. The van der Waals surface area contributed by atoms with Crippen molar-refractivity contribution in [2.24, 2.45) is 5.92 Å². The van der Waals surface area contributed by atoms with E-state index in [9.17, 15) is 9.59 Å². The van der Waals surface area contributed by atoms with Crippen molar-refractivity contribution in [3.8, 4) is 0 Å². The fraction of sp³-hybridized carbons (Fsp3) is 0.263. The van der Waals surface area contributed by atoms with Crippen LogP contribution in [0.15, 0.2) is 48.5 Å². The van der Waals surface area contributed by atoms with Gasteiger partial charge in [0.2, 0.25) is 5.91 Å². The normalized spacial score (nSPS) is 15.0. The van der Waals surface area contributed by atoms with Gasteiger partial charge in [-0.15, -0.1) is 0 Å². The van der Waals surface area contributed by atoms with Crippen LogP contribution in [-0.4, -0.2) is 29.8 Å². The fourth-order valence-corrected chi connectivity index (χ4v) is 3.50. The Bertz CT molecular complexity index is 752. The molecule has 1 fully saturated rings. The Morgan fingerprint density at radius 2 is 1.56 bits per heavy atom. The largest absolute Gasteiger partial charge is 0.339 e. The third kappa shape index (κ3) is 4.53. The van der Waals surface area contributed by atoms with E-state index in [1.54, 1.807) is 23.1 Å². The van der Waals surface area contributed by atoms with Crippen LogP contribution in [0, 0.1) is 5.92 Å². The lowest BCUT2D eigenvalue weighted by molar-refractivity contribution is -0.121. The molecule has 1 N–H and O–H groups in total. The summed E-state index contributed by atoms with van der Waals surface area (Å²) in [6, 6.07) is 14.2. The van der Waals surface area contributed by atoms with Gasteiger partial charge in [-0.3, -0.25) is 9.59 Å². The number of piperidine rings is 1. The molecular weight excluding hydrogens is 359 g/mol. The molecule has 25 heavy (non-hydrogen) atoms. The zero-order valence-corrected chi connectivity index (χ0v) is 15.1. The molecule has 0 aromatic heterocycles. The van der Waals surface area contributed by atoms with Gasteiger partial charge in [0, 0.05) is 40.3 Å². The summed E-state index contributed by atoms with van der Waals surface area (Å²) >= 11 is 11.9. The number of nitrogens with one attached hydrogen (secondary N) is 1. The zero-order chi connectivity index (χ0) is 17.8. The van der Waals surface area contributed by atoms with E-state index in [2.05, 4.69) is 5.32 Å². The van der Waals surface area contributed by atoms with Crippen molar-refractivity contribution in [1.29, 1.82) is 0 Å². The van der Waals surface area contributed by atoms with Gasteiger partial charge in [-0.2, -0.15) is 0 Å². The number of amides is 2. The van der Waals surface area contributed by atoms with Crippen molar-refractivity contribution < 1.29 is 9.59 Å². The van der Waals surface area contributed by atoms with Gasteiger partial charge < -0.3 is 10.2 Å². The second kappa shape index (κ2) is 7.89. The molecule has 0 spiro atoms. The summed E-state index contributed by atoms with van der Waals surface area (Å²) in [5.41, 5.74) is 1.27. The average molecular weight is 377 g/mol. The van der Waals surface area contributed by atoms with Crippen LogP contribution >= 0.6 is 23.2 Å². The number of carbonyl (C=O) groups excluding carboxylic acids is 2. The van der Waals surface area contributed by atoms with Crippen LogP contribution in [0.25, 0.3) is 0 Å². The quantitative estimate of drug-likeness (QED) is 0.857. The molecular formula is C19H18Cl2N2O2. The van der Waals surface area contributed by atoms with Crippen LogP contribution in [0.3, 0.4) is 0 Å². The van der Waals surface area contributed by atoms with Crippen molar-refractivity contribution in [3.05, 3.63) is 64.1 Å². The summed E-state index contributed by atoms with van der Waals surface area (Å²) in [5, 5.41) is 3.81. The monoisotopic (exact) mass is 376 g/mol. The minimum Gasteiger partial charge on any atom is -0.339 e. The molecule has 2 aromatic rings. The molecule has 0 bridgehead atoms. The maximum Gasteiger partial charge on any atom is 0.253 e. The Kier molecular flexibility index (Phi) is 5.61. The van der Waals surface area contributed by atoms with Gasteiger partial charge in [0.25, 0.3) is 5.91 Å². The number of anilines is 1. The number of hydrogen-bond acceptors (Lipinski definition) is 2. The summed E-state index contributed by atoms with van der Waals surface area (Å²) < 4.78 is 0. The highest BCUT2D eigenvalue weighted by molar-refractivity contribution is 6.35. The van der Waals surface area contributed by atoms with Crippen molar-refractivity contribution in [2.75, 3.05) is 18.4 Å². The fourth-order valence-electron chi connectivity index (χ4n) is 2.98. The van der Waals surface area contributed by atoms with E-state index < -0.39 is 0 Å². The Morgan fingerprint density at radius 3 is 2.16 bits per heavy atom. The number of rotatable bonds is 3. The second-order valence-electron chi connectivity index (χ2n) is 6.08. The molecule has 1 aliphatic rings. The number of carbonyl (C=O) groups is 2. The van der Waals surface area contributed by atoms with Gasteiger partial charge in [-0.25, -0.2) is 0 Å². The topological polar surface area (TPSA) is 49.4 Å². The molecule has 4 nitrogen and oxygen atoms in total. The highest BCUT2D eigenvalue weighted by Crippen LogP contribution is 2.25. The summed E-state index contributed by atoms with van der Waals surface area (Å²) in [6.07, 6.45) is 1.28. The predicted molar refractivity (Wildman–Crippen MR) is 100 cm³/mol. The van der Waals surface area contributed by atoms with Crippen LogP contribution < -0.4 is 5.32 Å². The summed E-state index contributed by atoms with van der Waals surface area (Å²) in [5.74, 6) is -0.177. The van der Waals surface area contributed by atoms with E-state index in [4.69, 9.17) is 23.2 Å². The number of halogens is 2. The molecule has 3 rings (SSSR count). The molecule has 0 saturated carbocycles. The molecule has 0 aliphatic carbocycles. The third-order valence-corrected chi connectivity index (χ3v) is 4.74. The van der Waals surface area contributed by atoms with Crippen molar-refractivity contribution in [2.45, 2.75) is 12.8 Å². The SMILES string of the molecule is O=C(Nc1cc(Cl)cc(Cl)c1)C1CCN(C(=O)c2ccccc2)CC1. The first-order valence-corrected chi connectivity index (χ1v) is 8.90. The predicted octanol–water partition coefficient (Wildman–Crippen LogP) is 4.48. The number of nitrogens with zero attached hydrogens (tertiary/aromatic N) is 1. The lowest BCUT2D eigenvalue weighted by atomic mass is 9.95. The van der Waals surface area contributed by atoms with E-state index in [-0.39, 0.29) is 17.7 Å². The highest BCUT2D eigenvalue weighted by Gasteiger charge is 2.27. The summed E-state index contributed by atoms with van der Waals surface area (Å²) in [6.45, 7) is 1.14. The number of hydrogen-bond donors (Lipinski definition) is 1. The third-order valence-electron chi connectivity index (χ3n) is 4.30. The van der Waals surface area contributed by atoms with E-state index >= 15 is 0 Å². The first-order valence-electron chi connectivity index (χ1n) is 8.14. The Balaban J connectivity index is 1.56. The first kappa shape index (κ1) is 17.8. The minimum atomic E-state index is -0.127. The summed E-state index contributed by atoms with van der Waals surface area (Å²) in [7, 11) is 0. The highest BCUT2D eigenvalue weighted by atomic mass is 35.5. The van der Waals surface area contributed by atoms with E-state index in [1.165, 1.54) is 0 Å². The van der Waals surface area contributed by atoms with Crippen molar-refractivity contribution in [3.63, 3.8) is 0 Å². The average Bonchev–Trinajstić information content (AvgIpc) is 2.61. The molecule has 1 heterocycles. The van der Waals surface area contributed by atoms with Crippen molar-refractivity contribution >= 4 is 40.7 Å². The zero-order valence-electron chi connectivity index (χ0n) is 13.5. The van der Waals surface area contributed by atoms with Gasteiger partial charge in [0.15, 0.2) is 0 Å². The van der Waals surface area contributed by atoms with Crippen LogP contribution in [0.2, 0.25) is 10.0 Å². The standard InChI is InChI=1S/C19H18Cl2N2O2/c20-15-10-16(21)12-17(11-15)22-18(24)13-6-8-23(9-7-13)19(25)14-4-2-1-3-5-14/h1-5,10-13H,6-9H2,(H,22,24).